The van der Waals surface area contributed by atoms with Crippen molar-refractivity contribution in [2.45, 2.75) is 38.3 Å². The molecule has 16 heavy (non-hydrogen) atoms. The lowest BCUT2D eigenvalue weighted by molar-refractivity contribution is 0.144. The molecule has 0 radical (unpaired) electrons. The van der Waals surface area contributed by atoms with Gasteiger partial charge in [-0.1, -0.05) is 0 Å². The Kier molecular flexibility index (Phi) is 3.74. The second-order valence-electron chi connectivity index (χ2n) is 4.85. The fourth-order valence-corrected chi connectivity index (χ4v) is 3.91. The Hall–Kier alpha value is 0.100. The highest BCUT2D eigenvalue weighted by Gasteiger charge is 2.41. The molecule has 2 atom stereocenters. The topological polar surface area (TPSA) is 32.3 Å². The largest absolute Gasteiger partial charge is 0.394 e. The third kappa shape index (κ3) is 2.50. The van der Waals surface area contributed by atoms with Gasteiger partial charge in [0.05, 0.1) is 6.61 Å². The van der Waals surface area contributed by atoms with Gasteiger partial charge < -0.3 is 10.4 Å². The molecule has 1 aromatic rings. The molecule has 1 aliphatic rings. The number of hydrogen-bond acceptors (Lipinski definition) is 3. The first-order valence-electron chi connectivity index (χ1n) is 5.68. The first-order valence-corrected chi connectivity index (χ1v) is 7.35. The zero-order valence-corrected chi connectivity index (χ0v) is 12.1. The molecule has 1 heterocycles. The van der Waals surface area contributed by atoms with E-state index in [1.807, 2.05) is 0 Å². The van der Waals surface area contributed by atoms with E-state index in [4.69, 9.17) is 0 Å². The van der Waals surface area contributed by atoms with Crippen molar-refractivity contribution in [3.05, 3.63) is 20.8 Å². The maximum Gasteiger partial charge on any atom is 0.0613 e. The second-order valence-corrected chi connectivity index (χ2v) is 6.65. The number of thiophene rings is 1. The second kappa shape index (κ2) is 4.77. The average molecular weight is 304 g/mol. The standard InChI is InChI=1S/C12H18BrNOS/c1-8(11-10(13)5-6-16-11)14-12(2,7-15)9-3-4-9/h5-6,8-9,14-15H,3-4,7H2,1-2H3. The molecule has 0 aliphatic heterocycles. The molecule has 0 amide bonds. The van der Waals surface area contributed by atoms with Gasteiger partial charge in [0.25, 0.3) is 0 Å². The molecule has 1 aliphatic carbocycles. The van der Waals surface area contributed by atoms with Crippen molar-refractivity contribution in [3.8, 4) is 0 Å². The smallest absolute Gasteiger partial charge is 0.0613 e. The van der Waals surface area contributed by atoms with Crippen LogP contribution >= 0.6 is 27.3 Å². The lowest BCUT2D eigenvalue weighted by Crippen LogP contribution is -2.48. The molecule has 0 spiro atoms. The van der Waals surface area contributed by atoms with Crippen LogP contribution in [0.3, 0.4) is 0 Å². The molecule has 2 unspecified atom stereocenters. The van der Waals surface area contributed by atoms with Gasteiger partial charge in [-0.3, -0.25) is 0 Å². The molecular weight excluding hydrogens is 286 g/mol. The Morgan fingerprint density at radius 2 is 2.38 bits per heavy atom. The normalized spacial score (nSPS) is 21.8. The minimum Gasteiger partial charge on any atom is -0.394 e. The summed E-state index contributed by atoms with van der Waals surface area (Å²) in [4.78, 5) is 1.31. The van der Waals surface area contributed by atoms with Crippen LogP contribution in [0.1, 0.15) is 37.6 Å². The third-order valence-corrected chi connectivity index (χ3v) is 5.44. The van der Waals surface area contributed by atoms with E-state index in [0.717, 1.165) is 4.47 Å². The number of rotatable bonds is 5. The molecule has 1 fully saturated rings. The third-order valence-electron chi connectivity index (χ3n) is 3.39. The van der Waals surface area contributed by atoms with Crippen LogP contribution in [0.4, 0.5) is 0 Å². The summed E-state index contributed by atoms with van der Waals surface area (Å²) in [5.41, 5.74) is -0.122. The Morgan fingerprint density at radius 3 is 2.81 bits per heavy atom. The van der Waals surface area contributed by atoms with Gasteiger partial charge in [-0.2, -0.15) is 0 Å². The van der Waals surface area contributed by atoms with E-state index in [-0.39, 0.29) is 18.2 Å². The summed E-state index contributed by atoms with van der Waals surface area (Å²) in [6.45, 7) is 4.50. The van der Waals surface area contributed by atoms with Crippen LogP contribution in [0.15, 0.2) is 15.9 Å². The van der Waals surface area contributed by atoms with Crippen molar-refractivity contribution < 1.29 is 5.11 Å². The van der Waals surface area contributed by atoms with Crippen molar-refractivity contribution in [1.29, 1.82) is 0 Å². The first kappa shape index (κ1) is 12.6. The molecule has 1 saturated carbocycles. The highest BCUT2D eigenvalue weighted by Crippen LogP contribution is 2.41. The highest BCUT2D eigenvalue weighted by atomic mass is 79.9. The predicted molar refractivity (Wildman–Crippen MR) is 71.8 cm³/mol. The predicted octanol–water partition coefficient (Wildman–Crippen LogP) is 3.32. The highest BCUT2D eigenvalue weighted by molar-refractivity contribution is 9.10. The van der Waals surface area contributed by atoms with Crippen molar-refractivity contribution in [2.75, 3.05) is 6.61 Å². The molecule has 0 saturated heterocycles. The minimum atomic E-state index is -0.122. The van der Waals surface area contributed by atoms with E-state index in [1.165, 1.54) is 17.7 Å². The van der Waals surface area contributed by atoms with Crippen LogP contribution in [0.2, 0.25) is 0 Å². The van der Waals surface area contributed by atoms with Crippen molar-refractivity contribution in [3.63, 3.8) is 0 Å². The lowest BCUT2D eigenvalue weighted by Gasteiger charge is -2.32. The summed E-state index contributed by atoms with van der Waals surface area (Å²) in [6, 6.07) is 2.36. The SMILES string of the molecule is CC(NC(C)(CO)C1CC1)c1sccc1Br. The van der Waals surface area contributed by atoms with Gasteiger partial charge >= 0.3 is 0 Å². The maximum absolute atomic E-state index is 9.54. The molecule has 2 N–H and O–H groups in total. The lowest BCUT2D eigenvalue weighted by atomic mass is 9.95. The Labute approximate surface area is 109 Å². The van der Waals surface area contributed by atoms with Crippen LogP contribution in [-0.4, -0.2) is 17.3 Å². The van der Waals surface area contributed by atoms with E-state index in [0.29, 0.717) is 5.92 Å². The van der Waals surface area contributed by atoms with E-state index < -0.39 is 0 Å². The molecule has 2 nitrogen and oxygen atoms in total. The molecule has 1 aromatic heterocycles. The number of aliphatic hydroxyl groups excluding tert-OH is 1. The molecule has 0 aromatic carbocycles. The molecular formula is C12H18BrNOS. The van der Waals surface area contributed by atoms with E-state index >= 15 is 0 Å². The zero-order chi connectivity index (χ0) is 11.8. The van der Waals surface area contributed by atoms with E-state index in [9.17, 15) is 5.11 Å². The summed E-state index contributed by atoms with van der Waals surface area (Å²) in [5.74, 6) is 0.638. The van der Waals surface area contributed by atoms with Gasteiger partial charge in [0, 0.05) is 20.9 Å². The molecule has 90 valence electrons. The van der Waals surface area contributed by atoms with E-state index in [2.05, 4.69) is 46.5 Å². The summed E-state index contributed by atoms with van der Waals surface area (Å²) in [6.07, 6.45) is 2.48. The fourth-order valence-electron chi connectivity index (χ4n) is 2.19. The maximum atomic E-state index is 9.54. The quantitative estimate of drug-likeness (QED) is 0.874. The van der Waals surface area contributed by atoms with Gasteiger partial charge in [0.15, 0.2) is 0 Å². The van der Waals surface area contributed by atoms with Crippen LogP contribution in [0.25, 0.3) is 0 Å². The first-order chi connectivity index (χ1) is 7.57. The van der Waals surface area contributed by atoms with Crippen molar-refractivity contribution >= 4 is 27.3 Å². The molecule has 2 rings (SSSR count). The van der Waals surface area contributed by atoms with Crippen LogP contribution in [-0.2, 0) is 0 Å². The van der Waals surface area contributed by atoms with Crippen LogP contribution < -0.4 is 5.32 Å². The summed E-state index contributed by atoms with van der Waals surface area (Å²) in [5, 5.41) is 15.2. The number of nitrogens with one attached hydrogen (secondary N) is 1. The number of halogens is 1. The van der Waals surface area contributed by atoms with E-state index in [1.54, 1.807) is 11.3 Å². The van der Waals surface area contributed by atoms with Gasteiger partial charge in [0.2, 0.25) is 0 Å². The van der Waals surface area contributed by atoms with Crippen molar-refractivity contribution in [2.24, 2.45) is 5.92 Å². The monoisotopic (exact) mass is 303 g/mol. The van der Waals surface area contributed by atoms with Crippen LogP contribution in [0.5, 0.6) is 0 Å². The summed E-state index contributed by atoms with van der Waals surface area (Å²) >= 11 is 5.31. The fraction of sp³-hybridized carbons (Fsp3) is 0.667. The number of aliphatic hydroxyl groups is 1. The minimum absolute atomic E-state index is 0.122. The Morgan fingerprint density at radius 1 is 1.69 bits per heavy atom. The van der Waals surface area contributed by atoms with Gasteiger partial charge in [-0.25, -0.2) is 0 Å². The molecule has 0 bridgehead atoms. The van der Waals surface area contributed by atoms with Gasteiger partial charge in [-0.05, 0) is 60.0 Å². The van der Waals surface area contributed by atoms with Gasteiger partial charge in [-0.15, -0.1) is 11.3 Å². The summed E-state index contributed by atoms with van der Waals surface area (Å²) in [7, 11) is 0. The Bertz CT molecular complexity index is 364. The van der Waals surface area contributed by atoms with Crippen molar-refractivity contribution in [1.82, 2.24) is 5.32 Å². The molecule has 4 heteroatoms. The zero-order valence-electron chi connectivity index (χ0n) is 9.66. The van der Waals surface area contributed by atoms with Gasteiger partial charge in [0.1, 0.15) is 0 Å². The summed E-state index contributed by atoms with van der Waals surface area (Å²) < 4.78 is 1.16. The Balaban J connectivity index is 2.06. The number of hydrogen-bond donors (Lipinski definition) is 2. The van der Waals surface area contributed by atoms with Crippen LogP contribution in [0, 0.1) is 5.92 Å². The average Bonchev–Trinajstić information content (AvgIpc) is 3.02.